The summed E-state index contributed by atoms with van der Waals surface area (Å²) in [6, 6.07) is 13.7. The summed E-state index contributed by atoms with van der Waals surface area (Å²) in [6.07, 6.45) is 1.57. The normalized spacial score (nSPS) is 13.8. The van der Waals surface area contributed by atoms with Gasteiger partial charge in [-0.15, -0.1) is 0 Å². The van der Waals surface area contributed by atoms with Gasteiger partial charge in [-0.1, -0.05) is 0 Å². The highest BCUT2D eigenvalue weighted by Gasteiger charge is 2.30. The average Bonchev–Trinajstić information content (AvgIpc) is 3.31. The van der Waals surface area contributed by atoms with E-state index in [9.17, 15) is 9.59 Å². The van der Waals surface area contributed by atoms with E-state index in [2.05, 4.69) is 0 Å². The lowest BCUT2D eigenvalue weighted by atomic mass is 10.1. The molecule has 0 saturated carbocycles. The van der Waals surface area contributed by atoms with E-state index in [1.807, 2.05) is 13.0 Å². The maximum Gasteiger partial charge on any atom is 0.232 e. The van der Waals surface area contributed by atoms with Crippen molar-refractivity contribution in [1.29, 1.82) is 0 Å². The van der Waals surface area contributed by atoms with Crippen molar-refractivity contribution in [3.05, 3.63) is 82.5 Å². The van der Waals surface area contributed by atoms with E-state index >= 15 is 0 Å². The van der Waals surface area contributed by atoms with Crippen molar-refractivity contribution >= 4 is 17.6 Å². The number of hydrogen-bond acceptors (Lipinski definition) is 6. The van der Waals surface area contributed by atoms with Gasteiger partial charge in [0.15, 0.2) is 18.1 Å². The Kier molecular flexibility index (Phi) is 5.14. The molecule has 0 bridgehead atoms. The van der Waals surface area contributed by atoms with Crippen molar-refractivity contribution in [2.45, 2.75) is 13.8 Å². The predicted octanol–water partition coefficient (Wildman–Crippen LogP) is 4.78. The van der Waals surface area contributed by atoms with Crippen LogP contribution in [0.2, 0.25) is 0 Å². The Labute approximate surface area is 173 Å². The zero-order valence-electron chi connectivity index (χ0n) is 16.9. The third kappa shape index (κ3) is 3.72. The van der Waals surface area contributed by atoms with Crippen molar-refractivity contribution in [2.24, 2.45) is 0 Å². The quantitative estimate of drug-likeness (QED) is 0.435. The molecule has 1 aliphatic heterocycles. The van der Waals surface area contributed by atoms with Gasteiger partial charge in [0.2, 0.25) is 5.78 Å². The number of carbonyl (C=O) groups excluding carboxylic acids is 2. The second kappa shape index (κ2) is 7.91. The lowest BCUT2D eigenvalue weighted by molar-refractivity contribution is 0.0920. The van der Waals surface area contributed by atoms with Crippen molar-refractivity contribution in [1.82, 2.24) is 0 Å². The molecule has 0 radical (unpaired) electrons. The van der Waals surface area contributed by atoms with Gasteiger partial charge in [-0.05, 0) is 62.4 Å². The Hall–Kier alpha value is -3.80. The minimum atomic E-state index is -0.219. The second-order valence-electron chi connectivity index (χ2n) is 6.89. The standard InChI is InChI=1S/C24H20O6/c1-14-4-7-18(29-14)12-22-23(26)19-10-11-21(15(2)24(19)30-22)28-13-20(25)16-5-8-17(27-3)9-6-16/h4-12H,13H2,1-3H3/b22-12-. The highest BCUT2D eigenvalue weighted by molar-refractivity contribution is 6.14. The Morgan fingerprint density at radius 2 is 1.80 bits per heavy atom. The summed E-state index contributed by atoms with van der Waals surface area (Å²) in [5, 5.41) is 0. The number of methoxy groups -OCH3 is 1. The molecule has 0 N–H and O–H groups in total. The van der Waals surface area contributed by atoms with E-state index in [0.717, 1.165) is 5.76 Å². The Balaban J connectivity index is 1.50. The SMILES string of the molecule is COc1ccc(C(=O)COc2ccc3c(c2C)O/C(=C\c2ccc(C)o2)C3=O)cc1. The molecule has 6 nitrogen and oxygen atoms in total. The lowest BCUT2D eigenvalue weighted by Gasteiger charge is -2.11. The number of fused-ring (bicyclic) bond motifs is 1. The molecule has 0 saturated heterocycles. The van der Waals surface area contributed by atoms with Crippen LogP contribution in [-0.2, 0) is 0 Å². The molecule has 152 valence electrons. The van der Waals surface area contributed by atoms with E-state index in [4.69, 9.17) is 18.6 Å². The first-order valence-electron chi connectivity index (χ1n) is 9.40. The molecule has 2 heterocycles. The number of ketones is 2. The van der Waals surface area contributed by atoms with Crippen LogP contribution < -0.4 is 14.2 Å². The number of aryl methyl sites for hydroxylation is 1. The van der Waals surface area contributed by atoms with E-state index < -0.39 is 0 Å². The molecule has 2 aromatic carbocycles. The third-order valence-electron chi connectivity index (χ3n) is 4.84. The van der Waals surface area contributed by atoms with Crippen LogP contribution in [0.4, 0.5) is 0 Å². The van der Waals surface area contributed by atoms with E-state index in [1.165, 1.54) is 0 Å². The first-order valence-corrected chi connectivity index (χ1v) is 9.40. The van der Waals surface area contributed by atoms with Crippen LogP contribution in [0.3, 0.4) is 0 Å². The summed E-state index contributed by atoms with van der Waals surface area (Å²) in [4.78, 5) is 25.0. The summed E-state index contributed by atoms with van der Waals surface area (Å²) in [7, 11) is 1.57. The number of allylic oxidation sites excluding steroid dienone is 1. The molecule has 0 fully saturated rings. The van der Waals surface area contributed by atoms with Gasteiger partial charge in [-0.2, -0.15) is 0 Å². The molecular formula is C24H20O6. The van der Waals surface area contributed by atoms with Crippen LogP contribution in [0, 0.1) is 13.8 Å². The number of furan rings is 1. The number of Topliss-reactive ketones (excluding diaryl/α,β-unsaturated/α-hetero) is 2. The van der Waals surface area contributed by atoms with Crippen LogP contribution >= 0.6 is 0 Å². The summed E-state index contributed by atoms with van der Waals surface area (Å²) in [6.45, 7) is 3.49. The predicted molar refractivity (Wildman–Crippen MR) is 110 cm³/mol. The average molecular weight is 404 g/mol. The molecule has 0 atom stereocenters. The summed E-state index contributed by atoms with van der Waals surface area (Å²) in [5.74, 6) is 2.70. The highest BCUT2D eigenvalue weighted by atomic mass is 16.5. The molecule has 0 unspecified atom stereocenters. The first kappa shape index (κ1) is 19.5. The van der Waals surface area contributed by atoms with Gasteiger partial charge in [-0.25, -0.2) is 0 Å². The zero-order chi connectivity index (χ0) is 21.3. The van der Waals surface area contributed by atoms with Gasteiger partial charge >= 0.3 is 0 Å². The molecule has 0 spiro atoms. The maximum atomic E-state index is 12.6. The largest absolute Gasteiger partial charge is 0.497 e. The van der Waals surface area contributed by atoms with Gasteiger partial charge in [-0.3, -0.25) is 9.59 Å². The van der Waals surface area contributed by atoms with Crippen LogP contribution in [0.25, 0.3) is 6.08 Å². The fraction of sp³-hybridized carbons (Fsp3) is 0.167. The van der Waals surface area contributed by atoms with Crippen LogP contribution in [0.5, 0.6) is 17.2 Å². The van der Waals surface area contributed by atoms with Crippen molar-refractivity contribution in [2.75, 3.05) is 13.7 Å². The minimum Gasteiger partial charge on any atom is -0.497 e. The van der Waals surface area contributed by atoms with Crippen molar-refractivity contribution in [3.63, 3.8) is 0 Å². The van der Waals surface area contributed by atoms with Crippen LogP contribution in [0.15, 0.2) is 58.7 Å². The van der Waals surface area contributed by atoms with Crippen LogP contribution in [-0.4, -0.2) is 25.3 Å². The fourth-order valence-electron chi connectivity index (χ4n) is 3.19. The lowest BCUT2D eigenvalue weighted by Crippen LogP contribution is -2.12. The van der Waals surface area contributed by atoms with Gasteiger partial charge in [0.05, 0.1) is 12.7 Å². The second-order valence-corrected chi connectivity index (χ2v) is 6.89. The van der Waals surface area contributed by atoms with Gasteiger partial charge in [0.25, 0.3) is 0 Å². The fourth-order valence-corrected chi connectivity index (χ4v) is 3.19. The van der Waals surface area contributed by atoms with Gasteiger partial charge in [0.1, 0.15) is 28.8 Å². The number of benzene rings is 2. The zero-order valence-corrected chi connectivity index (χ0v) is 16.9. The summed E-state index contributed by atoms with van der Waals surface area (Å²) < 4.78 is 22.1. The van der Waals surface area contributed by atoms with E-state index in [1.54, 1.807) is 62.6 Å². The molecule has 4 rings (SSSR count). The first-order chi connectivity index (χ1) is 14.5. The molecule has 1 aliphatic rings. The molecule has 6 heteroatoms. The van der Waals surface area contributed by atoms with Crippen LogP contribution in [0.1, 0.15) is 37.8 Å². The molecule has 30 heavy (non-hydrogen) atoms. The molecule has 1 aromatic heterocycles. The topological polar surface area (TPSA) is 75.0 Å². The van der Waals surface area contributed by atoms with Gasteiger partial charge in [0, 0.05) is 17.2 Å². The maximum absolute atomic E-state index is 12.6. The third-order valence-corrected chi connectivity index (χ3v) is 4.84. The summed E-state index contributed by atoms with van der Waals surface area (Å²) in [5.41, 5.74) is 1.64. The minimum absolute atomic E-state index is 0.131. The number of ether oxygens (including phenoxy) is 3. The number of rotatable bonds is 6. The van der Waals surface area contributed by atoms with Crippen molar-refractivity contribution in [3.8, 4) is 17.2 Å². The Bertz CT molecular complexity index is 1150. The molecule has 3 aromatic rings. The van der Waals surface area contributed by atoms with Gasteiger partial charge < -0.3 is 18.6 Å². The summed E-state index contributed by atoms with van der Waals surface area (Å²) >= 11 is 0. The van der Waals surface area contributed by atoms with E-state index in [0.29, 0.717) is 39.7 Å². The molecular weight excluding hydrogens is 384 g/mol. The number of carbonyl (C=O) groups is 2. The Morgan fingerprint density at radius 1 is 1.03 bits per heavy atom. The van der Waals surface area contributed by atoms with E-state index in [-0.39, 0.29) is 23.9 Å². The molecule has 0 amide bonds. The monoisotopic (exact) mass is 404 g/mol. The Morgan fingerprint density at radius 3 is 2.47 bits per heavy atom. The highest BCUT2D eigenvalue weighted by Crippen LogP contribution is 2.39. The molecule has 0 aliphatic carbocycles. The smallest absolute Gasteiger partial charge is 0.232 e. The number of hydrogen-bond donors (Lipinski definition) is 0. The van der Waals surface area contributed by atoms with Crippen molar-refractivity contribution < 1.29 is 28.2 Å².